The molecule has 1 fully saturated rings. The minimum atomic E-state index is -3.41. The summed E-state index contributed by atoms with van der Waals surface area (Å²) in [6, 6.07) is 5.37. The third-order valence-electron chi connectivity index (χ3n) is 3.75. The van der Waals surface area contributed by atoms with E-state index in [9.17, 15) is 8.42 Å². The van der Waals surface area contributed by atoms with Gasteiger partial charge in [0.15, 0.2) is 0 Å². The number of rotatable bonds is 4. The maximum atomic E-state index is 12.8. The number of halogens is 1. The Kier molecular flexibility index (Phi) is 5.23. The van der Waals surface area contributed by atoms with E-state index in [1.165, 1.54) is 0 Å². The summed E-state index contributed by atoms with van der Waals surface area (Å²) in [5, 5.41) is 3.14. The molecule has 1 N–H and O–H groups in total. The number of nitrogens with zero attached hydrogens (tertiary/aromatic N) is 1. The van der Waals surface area contributed by atoms with E-state index < -0.39 is 10.0 Å². The monoisotopic (exact) mass is 360 g/mol. The van der Waals surface area contributed by atoms with Gasteiger partial charge in [-0.3, -0.25) is 0 Å². The fourth-order valence-corrected chi connectivity index (χ4v) is 5.23. The number of nitrogens with one attached hydrogen (secondary N) is 1. The van der Waals surface area contributed by atoms with E-state index in [0.717, 1.165) is 24.9 Å². The Morgan fingerprint density at radius 2 is 2.20 bits per heavy atom. The van der Waals surface area contributed by atoms with Crippen LogP contribution in [0.4, 0.5) is 0 Å². The highest BCUT2D eigenvalue weighted by Gasteiger charge is 2.31. The van der Waals surface area contributed by atoms with Crippen molar-refractivity contribution < 1.29 is 8.42 Å². The summed E-state index contributed by atoms with van der Waals surface area (Å²) in [5.41, 5.74) is 0.940. The van der Waals surface area contributed by atoms with Crippen LogP contribution in [0.15, 0.2) is 27.6 Å². The zero-order valence-electron chi connectivity index (χ0n) is 11.9. The van der Waals surface area contributed by atoms with Crippen molar-refractivity contribution in [1.29, 1.82) is 0 Å². The number of hydrogen-bond donors (Lipinski definition) is 1. The Morgan fingerprint density at radius 1 is 1.45 bits per heavy atom. The summed E-state index contributed by atoms with van der Waals surface area (Å²) in [6.07, 6.45) is 2.01. The molecular formula is C14H21BrN2O2S. The van der Waals surface area contributed by atoms with E-state index in [2.05, 4.69) is 21.2 Å². The highest BCUT2D eigenvalue weighted by Crippen LogP contribution is 2.30. The first kappa shape index (κ1) is 15.9. The van der Waals surface area contributed by atoms with Crippen LogP contribution in [0.2, 0.25) is 0 Å². The average molecular weight is 361 g/mol. The summed E-state index contributed by atoms with van der Waals surface area (Å²) >= 11 is 3.41. The lowest BCUT2D eigenvalue weighted by Crippen LogP contribution is -2.42. The molecule has 2 rings (SSSR count). The summed E-state index contributed by atoms with van der Waals surface area (Å²) in [4.78, 5) is 0.377. The smallest absolute Gasteiger partial charge is 0.244 e. The number of aryl methyl sites for hydroxylation is 1. The van der Waals surface area contributed by atoms with Crippen LogP contribution in [0.5, 0.6) is 0 Å². The van der Waals surface area contributed by atoms with Crippen LogP contribution < -0.4 is 5.32 Å². The van der Waals surface area contributed by atoms with Gasteiger partial charge in [0.2, 0.25) is 10.0 Å². The summed E-state index contributed by atoms with van der Waals surface area (Å²) < 4.78 is 27.9. The third-order valence-corrected chi connectivity index (χ3v) is 6.97. The van der Waals surface area contributed by atoms with Crippen molar-refractivity contribution in [3.05, 3.63) is 28.2 Å². The second kappa shape index (κ2) is 6.56. The maximum absolute atomic E-state index is 12.8. The second-order valence-corrected chi connectivity index (χ2v) is 8.02. The Bertz CT molecular complexity index is 573. The molecule has 1 aliphatic rings. The van der Waals surface area contributed by atoms with Crippen molar-refractivity contribution in [1.82, 2.24) is 9.62 Å². The molecule has 112 valence electrons. The van der Waals surface area contributed by atoms with Crippen LogP contribution >= 0.6 is 15.9 Å². The molecule has 0 spiro atoms. The van der Waals surface area contributed by atoms with Gasteiger partial charge in [-0.2, -0.15) is 4.31 Å². The zero-order chi connectivity index (χ0) is 14.8. The third kappa shape index (κ3) is 3.24. The number of benzene rings is 1. The molecule has 0 amide bonds. The van der Waals surface area contributed by atoms with Gasteiger partial charge in [0.05, 0.1) is 4.90 Å². The van der Waals surface area contributed by atoms with Crippen LogP contribution in [-0.2, 0) is 10.0 Å². The van der Waals surface area contributed by atoms with E-state index in [1.807, 2.05) is 20.0 Å². The number of sulfonamides is 1. The first-order chi connectivity index (χ1) is 9.46. The van der Waals surface area contributed by atoms with E-state index in [0.29, 0.717) is 28.4 Å². The van der Waals surface area contributed by atoms with Gasteiger partial charge in [0, 0.05) is 17.6 Å². The first-order valence-corrected chi connectivity index (χ1v) is 9.10. The van der Waals surface area contributed by atoms with Gasteiger partial charge >= 0.3 is 0 Å². The number of hydrogen-bond acceptors (Lipinski definition) is 3. The van der Waals surface area contributed by atoms with Crippen LogP contribution in [0.25, 0.3) is 0 Å². The maximum Gasteiger partial charge on any atom is 0.244 e. The zero-order valence-corrected chi connectivity index (χ0v) is 14.3. The van der Waals surface area contributed by atoms with E-state index >= 15 is 0 Å². The van der Waals surface area contributed by atoms with Crippen molar-refractivity contribution in [2.24, 2.45) is 5.92 Å². The topological polar surface area (TPSA) is 49.4 Å². The van der Waals surface area contributed by atoms with Gasteiger partial charge in [0.25, 0.3) is 0 Å². The van der Waals surface area contributed by atoms with Crippen molar-refractivity contribution in [2.75, 3.05) is 26.7 Å². The Hall–Kier alpha value is -0.430. The minimum Gasteiger partial charge on any atom is -0.319 e. The van der Waals surface area contributed by atoms with Gasteiger partial charge in [-0.15, -0.1) is 0 Å². The van der Waals surface area contributed by atoms with Crippen molar-refractivity contribution >= 4 is 26.0 Å². The highest BCUT2D eigenvalue weighted by molar-refractivity contribution is 9.10. The second-order valence-electron chi connectivity index (χ2n) is 5.32. The average Bonchev–Trinajstić information content (AvgIpc) is 2.42. The molecule has 0 bridgehead atoms. The lowest BCUT2D eigenvalue weighted by Gasteiger charge is -2.32. The van der Waals surface area contributed by atoms with E-state index in [4.69, 9.17) is 0 Å². The molecular weight excluding hydrogens is 340 g/mol. The van der Waals surface area contributed by atoms with E-state index in [-0.39, 0.29) is 0 Å². The Labute approximate surface area is 129 Å². The van der Waals surface area contributed by atoms with Gasteiger partial charge in [-0.25, -0.2) is 8.42 Å². The SMILES string of the molecule is CNC[C@@H]1CCCN(S(=O)(=O)c2cccc(C)c2Br)C1. The molecule has 1 aromatic rings. The van der Waals surface area contributed by atoms with Gasteiger partial charge in [0.1, 0.15) is 0 Å². The standard InChI is InChI=1S/C14H21BrN2O2S/c1-11-5-3-7-13(14(11)15)20(18,19)17-8-4-6-12(10-17)9-16-2/h3,5,7,12,16H,4,6,8-10H2,1-2H3/t12-/m0/s1. The molecule has 4 nitrogen and oxygen atoms in total. The van der Waals surface area contributed by atoms with Crippen LogP contribution in [0.1, 0.15) is 18.4 Å². The molecule has 0 saturated carbocycles. The molecule has 0 radical (unpaired) electrons. The molecule has 1 saturated heterocycles. The summed E-state index contributed by atoms with van der Waals surface area (Å²) in [7, 11) is -1.50. The molecule has 20 heavy (non-hydrogen) atoms. The van der Waals surface area contributed by atoms with Gasteiger partial charge in [-0.1, -0.05) is 12.1 Å². The molecule has 1 aliphatic heterocycles. The van der Waals surface area contributed by atoms with Gasteiger partial charge < -0.3 is 5.32 Å². The Balaban J connectivity index is 2.28. The number of piperidine rings is 1. The van der Waals surface area contributed by atoms with Gasteiger partial charge in [-0.05, 0) is 66.8 Å². The molecule has 1 aromatic carbocycles. The molecule has 0 unspecified atom stereocenters. The molecule has 1 atom stereocenters. The van der Waals surface area contributed by atoms with Crippen molar-refractivity contribution in [3.63, 3.8) is 0 Å². The predicted octanol–water partition coefficient (Wildman–Crippen LogP) is 2.38. The molecule has 6 heteroatoms. The van der Waals surface area contributed by atoms with Crippen molar-refractivity contribution in [3.8, 4) is 0 Å². The highest BCUT2D eigenvalue weighted by atomic mass is 79.9. The lowest BCUT2D eigenvalue weighted by molar-refractivity contribution is 0.263. The minimum absolute atomic E-state index is 0.377. The van der Waals surface area contributed by atoms with Crippen LogP contribution in [-0.4, -0.2) is 39.4 Å². The van der Waals surface area contributed by atoms with Crippen LogP contribution in [0.3, 0.4) is 0 Å². The normalized spacial score (nSPS) is 21.1. The van der Waals surface area contributed by atoms with E-state index in [1.54, 1.807) is 16.4 Å². The molecule has 0 aliphatic carbocycles. The summed E-state index contributed by atoms with van der Waals surface area (Å²) in [5.74, 6) is 0.395. The van der Waals surface area contributed by atoms with Crippen molar-refractivity contribution in [2.45, 2.75) is 24.7 Å². The fraction of sp³-hybridized carbons (Fsp3) is 0.571. The predicted molar refractivity (Wildman–Crippen MR) is 84.3 cm³/mol. The first-order valence-electron chi connectivity index (χ1n) is 6.86. The summed E-state index contributed by atoms with van der Waals surface area (Å²) in [6.45, 7) is 3.98. The Morgan fingerprint density at radius 3 is 2.90 bits per heavy atom. The molecule has 1 heterocycles. The fourth-order valence-electron chi connectivity index (χ4n) is 2.66. The lowest BCUT2D eigenvalue weighted by atomic mass is 10.00. The largest absolute Gasteiger partial charge is 0.319 e. The quantitative estimate of drug-likeness (QED) is 0.896. The van der Waals surface area contributed by atoms with Crippen LogP contribution in [0, 0.1) is 12.8 Å². The molecule has 0 aromatic heterocycles.